The molecule has 0 aliphatic carbocycles. The smallest absolute Gasteiger partial charge is 0.142 e. The molecule has 1 aromatic carbocycles. The fraction of sp³-hybridized carbons (Fsp3) is 0.200. The number of nitriles is 1. The molecule has 26 heavy (non-hydrogen) atoms. The number of nitrogens with one attached hydrogen (secondary N) is 1. The van der Waals surface area contributed by atoms with Crippen molar-refractivity contribution in [3.8, 4) is 34.2 Å². The molecule has 0 saturated carbocycles. The van der Waals surface area contributed by atoms with Crippen LogP contribution in [0.15, 0.2) is 48.8 Å². The normalized spacial score (nSPS) is 10.7. The average Bonchev–Trinajstić information content (AvgIpc) is 3.16. The van der Waals surface area contributed by atoms with Crippen molar-refractivity contribution in [2.45, 2.75) is 0 Å². The molecule has 0 aliphatic rings. The maximum Gasteiger partial charge on any atom is 0.142 e. The number of para-hydroxylation sites is 1. The monoisotopic (exact) mass is 347 g/mol. The van der Waals surface area contributed by atoms with Gasteiger partial charge >= 0.3 is 0 Å². The van der Waals surface area contributed by atoms with Gasteiger partial charge in [0.25, 0.3) is 0 Å². The fourth-order valence-electron chi connectivity index (χ4n) is 2.68. The van der Waals surface area contributed by atoms with Crippen molar-refractivity contribution in [2.75, 3.05) is 33.0 Å². The molecule has 0 bridgehead atoms. The zero-order chi connectivity index (χ0) is 18.5. The number of likely N-dealkylation sites (N-methyl/N-ethyl adjacent to an activating group) is 1. The van der Waals surface area contributed by atoms with Gasteiger partial charge in [-0.15, -0.1) is 0 Å². The van der Waals surface area contributed by atoms with E-state index >= 15 is 0 Å². The first-order chi connectivity index (χ1) is 12.6. The largest absolute Gasteiger partial charge is 0.492 e. The van der Waals surface area contributed by atoms with E-state index in [0.29, 0.717) is 17.9 Å². The minimum absolute atomic E-state index is 0.212. The number of ether oxygens (including phenoxy) is 1. The fourth-order valence-corrected chi connectivity index (χ4v) is 2.68. The first kappa shape index (κ1) is 17.5. The Kier molecular flexibility index (Phi) is 5.20. The molecule has 3 rings (SSSR count). The van der Waals surface area contributed by atoms with Gasteiger partial charge in [0.05, 0.1) is 5.69 Å². The van der Waals surface area contributed by atoms with E-state index < -0.39 is 0 Å². The van der Waals surface area contributed by atoms with Crippen LogP contribution >= 0.6 is 0 Å². The van der Waals surface area contributed by atoms with Crippen LogP contribution in [-0.4, -0.2) is 42.1 Å². The number of hydrogen-bond donors (Lipinski definition) is 2. The van der Waals surface area contributed by atoms with Crippen LogP contribution in [0.4, 0.5) is 5.82 Å². The molecule has 0 radical (unpaired) electrons. The van der Waals surface area contributed by atoms with Crippen molar-refractivity contribution in [3.05, 3.63) is 54.4 Å². The highest BCUT2D eigenvalue weighted by atomic mass is 16.5. The third-order valence-electron chi connectivity index (χ3n) is 4.03. The number of H-pyrrole nitrogens is 1. The van der Waals surface area contributed by atoms with Gasteiger partial charge in [-0.2, -0.15) is 5.26 Å². The van der Waals surface area contributed by atoms with Crippen LogP contribution in [0.2, 0.25) is 0 Å². The number of nitrogens with zero attached hydrogens (tertiary/aromatic N) is 3. The molecule has 2 heterocycles. The van der Waals surface area contributed by atoms with E-state index in [1.54, 1.807) is 0 Å². The van der Waals surface area contributed by atoms with Crippen molar-refractivity contribution >= 4 is 5.82 Å². The van der Waals surface area contributed by atoms with E-state index in [9.17, 15) is 5.26 Å². The molecule has 0 amide bonds. The molecule has 132 valence electrons. The molecule has 6 nitrogen and oxygen atoms in total. The summed E-state index contributed by atoms with van der Waals surface area (Å²) in [5.74, 6) is 0.931. The van der Waals surface area contributed by atoms with Crippen molar-refractivity contribution in [1.29, 1.82) is 5.26 Å². The van der Waals surface area contributed by atoms with Gasteiger partial charge in [-0.25, -0.2) is 4.98 Å². The van der Waals surface area contributed by atoms with Crippen molar-refractivity contribution < 1.29 is 4.74 Å². The maximum absolute atomic E-state index is 9.60. The predicted octanol–water partition coefficient (Wildman–Crippen LogP) is 3.14. The number of anilines is 1. The standard InChI is InChI=1S/C20H21N5O/c1-25(2)9-10-26-19-6-4-3-5-15(19)16-11-18(14-7-8-23-13-14)24-20(22)17(16)12-21/h3-8,11,13,23H,9-10H2,1-2H3,(H2,22,24). The van der Waals surface area contributed by atoms with E-state index in [2.05, 4.69) is 20.9 Å². The van der Waals surface area contributed by atoms with E-state index in [1.807, 2.05) is 62.9 Å². The summed E-state index contributed by atoms with van der Waals surface area (Å²) in [6, 6.07) is 13.6. The Bertz CT molecular complexity index is 926. The van der Waals surface area contributed by atoms with Crippen LogP contribution in [0, 0.1) is 11.3 Å². The summed E-state index contributed by atoms with van der Waals surface area (Å²) >= 11 is 0. The van der Waals surface area contributed by atoms with Gasteiger partial charge in [-0.1, -0.05) is 18.2 Å². The Hall–Kier alpha value is -3.30. The summed E-state index contributed by atoms with van der Waals surface area (Å²) in [6.45, 7) is 1.35. The lowest BCUT2D eigenvalue weighted by molar-refractivity contribution is 0.262. The van der Waals surface area contributed by atoms with E-state index in [1.165, 1.54) is 0 Å². The van der Waals surface area contributed by atoms with Crippen molar-refractivity contribution in [2.24, 2.45) is 0 Å². The van der Waals surface area contributed by atoms with Crippen LogP contribution in [0.1, 0.15) is 5.56 Å². The molecule has 0 aliphatic heterocycles. The number of aromatic nitrogens is 2. The number of aromatic amines is 1. The molecule has 0 atom stereocenters. The highest BCUT2D eigenvalue weighted by molar-refractivity contribution is 5.82. The highest BCUT2D eigenvalue weighted by Crippen LogP contribution is 2.36. The molecular formula is C20H21N5O. The van der Waals surface area contributed by atoms with Gasteiger partial charge in [0.2, 0.25) is 0 Å². The van der Waals surface area contributed by atoms with Gasteiger partial charge in [0.1, 0.15) is 29.8 Å². The van der Waals surface area contributed by atoms with Gasteiger partial charge in [-0.3, -0.25) is 0 Å². The van der Waals surface area contributed by atoms with Gasteiger partial charge in [0.15, 0.2) is 0 Å². The summed E-state index contributed by atoms with van der Waals surface area (Å²) in [5.41, 5.74) is 9.60. The topological polar surface area (TPSA) is 91.0 Å². The Morgan fingerprint density at radius 3 is 2.73 bits per heavy atom. The number of hydrogen-bond acceptors (Lipinski definition) is 5. The average molecular weight is 347 g/mol. The second-order valence-electron chi connectivity index (χ2n) is 6.17. The Labute approximate surface area is 152 Å². The molecule has 6 heteroatoms. The summed E-state index contributed by atoms with van der Waals surface area (Å²) in [7, 11) is 3.99. The second-order valence-corrected chi connectivity index (χ2v) is 6.17. The minimum atomic E-state index is 0.212. The van der Waals surface area contributed by atoms with Crippen LogP contribution < -0.4 is 10.5 Å². The third kappa shape index (κ3) is 3.68. The number of nitrogen functional groups attached to an aromatic ring is 1. The van der Waals surface area contributed by atoms with E-state index in [-0.39, 0.29) is 5.82 Å². The SMILES string of the molecule is CN(C)CCOc1ccccc1-c1cc(-c2cc[nH]c2)nc(N)c1C#N. The molecule has 0 saturated heterocycles. The predicted molar refractivity (Wildman–Crippen MR) is 103 cm³/mol. The lowest BCUT2D eigenvalue weighted by Gasteiger charge is -2.16. The summed E-state index contributed by atoms with van der Waals surface area (Å²) < 4.78 is 5.95. The zero-order valence-corrected chi connectivity index (χ0v) is 14.9. The molecule has 0 unspecified atom stereocenters. The highest BCUT2D eigenvalue weighted by Gasteiger charge is 2.16. The molecular weight excluding hydrogens is 326 g/mol. The summed E-state index contributed by atoms with van der Waals surface area (Å²) in [6.07, 6.45) is 3.67. The van der Waals surface area contributed by atoms with Crippen LogP contribution in [0.25, 0.3) is 22.4 Å². The van der Waals surface area contributed by atoms with Gasteiger partial charge in [0, 0.05) is 35.6 Å². The number of nitrogens with two attached hydrogens (primary N) is 1. The van der Waals surface area contributed by atoms with E-state index in [4.69, 9.17) is 10.5 Å². The lowest BCUT2D eigenvalue weighted by Crippen LogP contribution is -2.19. The first-order valence-corrected chi connectivity index (χ1v) is 8.31. The quantitative estimate of drug-likeness (QED) is 0.715. The lowest BCUT2D eigenvalue weighted by atomic mass is 9.98. The minimum Gasteiger partial charge on any atom is -0.492 e. The van der Waals surface area contributed by atoms with E-state index in [0.717, 1.165) is 29.0 Å². The van der Waals surface area contributed by atoms with Crippen molar-refractivity contribution in [3.63, 3.8) is 0 Å². The summed E-state index contributed by atoms with van der Waals surface area (Å²) in [4.78, 5) is 9.44. The Balaban J connectivity index is 2.07. The first-order valence-electron chi connectivity index (χ1n) is 8.31. The summed E-state index contributed by atoms with van der Waals surface area (Å²) in [5, 5.41) is 9.60. The Morgan fingerprint density at radius 2 is 2.04 bits per heavy atom. The van der Waals surface area contributed by atoms with Gasteiger partial charge in [-0.05, 0) is 32.3 Å². The third-order valence-corrected chi connectivity index (χ3v) is 4.03. The molecule has 3 aromatic rings. The number of rotatable bonds is 6. The molecule has 0 spiro atoms. The zero-order valence-electron chi connectivity index (χ0n) is 14.9. The second kappa shape index (κ2) is 7.72. The van der Waals surface area contributed by atoms with Crippen LogP contribution in [-0.2, 0) is 0 Å². The number of benzene rings is 1. The Morgan fingerprint density at radius 1 is 1.23 bits per heavy atom. The van der Waals surface area contributed by atoms with Crippen molar-refractivity contribution in [1.82, 2.24) is 14.9 Å². The van der Waals surface area contributed by atoms with Crippen LogP contribution in [0.5, 0.6) is 5.75 Å². The maximum atomic E-state index is 9.60. The molecule has 2 aromatic heterocycles. The number of pyridine rings is 1. The van der Waals surface area contributed by atoms with Crippen LogP contribution in [0.3, 0.4) is 0 Å². The van der Waals surface area contributed by atoms with Gasteiger partial charge < -0.3 is 20.4 Å². The molecule has 3 N–H and O–H groups in total. The molecule has 0 fully saturated rings.